The van der Waals surface area contributed by atoms with Crippen molar-refractivity contribution < 1.29 is 19.4 Å². The first-order valence-electron chi connectivity index (χ1n) is 12.6. The zero-order chi connectivity index (χ0) is 26.6. The minimum absolute atomic E-state index is 0.146. The third-order valence-corrected chi connectivity index (χ3v) is 6.98. The first kappa shape index (κ1) is 26.0. The Morgan fingerprint density at radius 2 is 2.05 bits per heavy atom. The highest BCUT2D eigenvalue weighted by Crippen LogP contribution is 2.31. The number of aliphatic hydroxyl groups is 1. The van der Waals surface area contributed by atoms with Crippen molar-refractivity contribution in [2.45, 2.75) is 44.5 Å². The van der Waals surface area contributed by atoms with E-state index in [-0.39, 0.29) is 24.4 Å². The lowest BCUT2D eigenvalue weighted by Gasteiger charge is -2.23. The van der Waals surface area contributed by atoms with Crippen LogP contribution in [0.2, 0.25) is 5.02 Å². The SMILES string of the molecule is C[C@H](O)[C@@H](NC(=O)CN1Cc2ccc(-c3nc(NC4CCOCC4)ncc3Cl)cc2C1=O)c1ccccn1. The van der Waals surface area contributed by atoms with Crippen LogP contribution in [-0.2, 0) is 16.1 Å². The number of aliphatic hydroxyl groups excluding tert-OH is 1. The number of nitrogens with zero attached hydrogens (tertiary/aromatic N) is 4. The molecule has 0 saturated carbocycles. The Bertz CT molecular complexity index is 1320. The lowest BCUT2D eigenvalue weighted by Crippen LogP contribution is -2.42. The van der Waals surface area contributed by atoms with Crippen LogP contribution in [0.4, 0.5) is 5.95 Å². The van der Waals surface area contributed by atoms with Gasteiger partial charge in [0, 0.05) is 43.1 Å². The van der Waals surface area contributed by atoms with Gasteiger partial charge in [0.25, 0.3) is 5.91 Å². The molecule has 2 aromatic heterocycles. The number of hydrogen-bond acceptors (Lipinski definition) is 8. The molecule has 2 aliphatic heterocycles. The summed E-state index contributed by atoms with van der Waals surface area (Å²) in [6.45, 7) is 3.14. The maximum absolute atomic E-state index is 13.2. The van der Waals surface area contributed by atoms with Gasteiger partial charge >= 0.3 is 0 Å². The standard InChI is InChI=1S/C27H29ClN6O4/c1-16(35)24(22-4-2-3-9-29-22)32-23(36)15-34-14-18-6-5-17(12-20(18)26(34)37)25-21(28)13-30-27(33-25)31-19-7-10-38-11-8-19/h2-6,9,12-13,16,19,24,35H,7-8,10-11,14-15H2,1H3,(H,32,36)(H,30,31,33)/t16-,24+/m0/s1. The number of ether oxygens (including phenoxy) is 1. The van der Waals surface area contributed by atoms with E-state index in [0.717, 1.165) is 18.4 Å². The summed E-state index contributed by atoms with van der Waals surface area (Å²) in [6, 6.07) is 10.3. The molecule has 198 valence electrons. The average molecular weight is 537 g/mol. The maximum atomic E-state index is 13.2. The highest BCUT2D eigenvalue weighted by atomic mass is 35.5. The largest absolute Gasteiger partial charge is 0.391 e. The van der Waals surface area contributed by atoms with Crippen LogP contribution in [-0.4, -0.2) is 68.7 Å². The highest BCUT2D eigenvalue weighted by Gasteiger charge is 2.31. The van der Waals surface area contributed by atoms with E-state index in [2.05, 4.69) is 25.6 Å². The van der Waals surface area contributed by atoms with Crippen LogP contribution in [0.25, 0.3) is 11.3 Å². The third-order valence-electron chi connectivity index (χ3n) is 6.70. The molecule has 2 amide bonds. The lowest BCUT2D eigenvalue weighted by atomic mass is 10.0. The molecule has 3 aromatic rings. The fraction of sp³-hybridized carbons (Fsp3) is 0.370. The van der Waals surface area contributed by atoms with Crippen LogP contribution >= 0.6 is 11.6 Å². The van der Waals surface area contributed by atoms with Crippen LogP contribution in [0.15, 0.2) is 48.8 Å². The van der Waals surface area contributed by atoms with Crippen molar-refractivity contribution in [3.63, 3.8) is 0 Å². The summed E-state index contributed by atoms with van der Waals surface area (Å²) in [5, 5.41) is 16.7. The zero-order valence-corrected chi connectivity index (χ0v) is 21.7. The average Bonchev–Trinajstić information content (AvgIpc) is 3.23. The van der Waals surface area contributed by atoms with E-state index in [1.54, 1.807) is 43.6 Å². The number of carbonyl (C=O) groups excluding carboxylic acids is 2. The van der Waals surface area contributed by atoms with Gasteiger partial charge in [-0.1, -0.05) is 29.8 Å². The van der Waals surface area contributed by atoms with E-state index in [4.69, 9.17) is 16.3 Å². The van der Waals surface area contributed by atoms with Gasteiger partial charge in [0.15, 0.2) is 0 Å². The molecule has 0 bridgehead atoms. The van der Waals surface area contributed by atoms with E-state index < -0.39 is 12.1 Å². The Kier molecular flexibility index (Phi) is 7.82. The molecule has 2 aliphatic rings. The van der Waals surface area contributed by atoms with Crippen molar-refractivity contribution in [2.75, 3.05) is 25.1 Å². The summed E-state index contributed by atoms with van der Waals surface area (Å²) in [7, 11) is 0. The molecule has 1 saturated heterocycles. The number of pyridine rings is 1. The number of aromatic nitrogens is 3. The molecule has 0 unspecified atom stereocenters. The first-order valence-corrected chi connectivity index (χ1v) is 12.9. The van der Waals surface area contributed by atoms with Crippen molar-refractivity contribution in [3.05, 3.63) is 70.6 Å². The van der Waals surface area contributed by atoms with Gasteiger partial charge in [-0.05, 0) is 43.5 Å². The van der Waals surface area contributed by atoms with Crippen molar-refractivity contribution in [2.24, 2.45) is 0 Å². The summed E-state index contributed by atoms with van der Waals surface area (Å²) in [5.74, 6) is -0.165. The number of fused-ring (bicyclic) bond motifs is 1. The van der Waals surface area contributed by atoms with Gasteiger partial charge in [0.05, 0.1) is 34.8 Å². The monoisotopic (exact) mass is 536 g/mol. The van der Waals surface area contributed by atoms with Crippen LogP contribution in [0.5, 0.6) is 0 Å². The molecule has 0 radical (unpaired) electrons. The van der Waals surface area contributed by atoms with E-state index in [9.17, 15) is 14.7 Å². The van der Waals surface area contributed by atoms with Crippen molar-refractivity contribution in [1.29, 1.82) is 0 Å². The number of benzene rings is 1. The second-order valence-electron chi connectivity index (χ2n) is 9.49. The summed E-state index contributed by atoms with van der Waals surface area (Å²) < 4.78 is 5.41. The molecule has 4 heterocycles. The van der Waals surface area contributed by atoms with Crippen molar-refractivity contribution >= 4 is 29.4 Å². The highest BCUT2D eigenvalue weighted by molar-refractivity contribution is 6.33. The summed E-state index contributed by atoms with van der Waals surface area (Å²) in [5.41, 5.74) is 3.08. The normalized spacial score (nSPS) is 17.1. The third kappa shape index (κ3) is 5.77. The summed E-state index contributed by atoms with van der Waals surface area (Å²) in [6.07, 6.45) is 4.04. The predicted octanol–water partition coefficient (Wildman–Crippen LogP) is 2.98. The van der Waals surface area contributed by atoms with Crippen molar-refractivity contribution in [1.82, 2.24) is 25.2 Å². The fourth-order valence-corrected chi connectivity index (χ4v) is 4.89. The van der Waals surface area contributed by atoms with Gasteiger partial charge in [-0.2, -0.15) is 0 Å². The number of amides is 2. The van der Waals surface area contributed by atoms with Gasteiger partial charge in [0.2, 0.25) is 11.9 Å². The minimum atomic E-state index is -0.855. The molecule has 3 N–H and O–H groups in total. The number of halogens is 1. The number of carbonyl (C=O) groups is 2. The molecular formula is C27H29ClN6O4. The zero-order valence-electron chi connectivity index (χ0n) is 20.9. The molecule has 1 fully saturated rings. The molecular weight excluding hydrogens is 508 g/mol. The van der Waals surface area contributed by atoms with Crippen LogP contribution < -0.4 is 10.6 Å². The van der Waals surface area contributed by atoms with Crippen LogP contribution in [0.1, 0.15) is 47.4 Å². The number of anilines is 1. The van der Waals surface area contributed by atoms with Gasteiger partial charge in [-0.25, -0.2) is 9.97 Å². The van der Waals surface area contributed by atoms with Gasteiger partial charge in [-0.15, -0.1) is 0 Å². The summed E-state index contributed by atoms with van der Waals surface area (Å²) in [4.78, 5) is 40.7. The van der Waals surface area contributed by atoms with E-state index in [1.165, 1.54) is 4.90 Å². The Morgan fingerprint density at radius 1 is 1.24 bits per heavy atom. The predicted molar refractivity (Wildman–Crippen MR) is 141 cm³/mol. The molecule has 0 spiro atoms. The Morgan fingerprint density at radius 3 is 2.79 bits per heavy atom. The van der Waals surface area contributed by atoms with Gasteiger partial charge < -0.3 is 25.4 Å². The minimum Gasteiger partial charge on any atom is -0.391 e. The van der Waals surface area contributed by atoms with E-state index in [1.807, 2.05) is 12.1 Å². The number of rotatable bonds is 8. The fourth-order valence-electron chi connectivity index (χ4n) is 4.69. The smallest absolute Gasteiger partial charge is 0.254 e. The summed E-state index contributed by atoms with van der Waals surface area (Å²) >= 11 is 6.44. The number of nitrogens with one attached hydrogen (secondary N) is 2. The first-order chi connectivity index (χ1) is 18.4. The van der Waals surface area contributed by atoms with E-state index in [0.29, 0.717) is 53.2 Å². The second kappa shape index (κ2) is 11.4. The topological polar surface area (TPSA) is 130 Å². The van der Waals surface area contributed by atoms with E-state index >= 15 is 0 Å². The van der Waals surface area contributed by atoms with Crippen LogP contribution in [0.3, 0.4) is 0 Å². The molecule has 0 aliphatic carbocycles. The quantitative estimate of drug-likeness (QED) is 0.400. The van der Waals surface area contributed by atoms with Gasteiger partial charge in [0.1, 0.15) is 6.54 Å². The molecule has 2 atom stereocenters. The second-order valence-corrected chi connectivity index (χ2v) is 9.90. The molecule has 38 heavy (non-hydrogen) atoms. The van der Waals surface area contributed by atoms with Crippen molar-refractivity contribution in [3.8, 4) is 11.3 Å². The molecule has 10 nitrogen and oxygen atoms in total. The molecule has 5 rings (SSSR count). The Labute approximate surface area is 225 Å². The Balaban J connectivity index is 1.28. The van der Waals surface area contributed by atoms with Gasteiger partial charge in [-0.3, -0.25) is 14.6 Å². The van der Waals surface area contributed by atoms with Crippen LogP contribution in [0, 0.1) is 0 Å². The maximum Gasteiger partial charge on any atom is 0.254 e. The number of hydrogen-bond donors (Lipinski definition) is 3. The Hall–Kier alpha value is -3.60. The molecule has 11 heteroatoms. The lowest BCUT2D eigenvalue weighted by molar-refractivity contribution is -0.123. The molecule has 1 aromatic carbocycles.